The molecule has 0 aliphatic heterocycles. The van der Waals surface area contributed by atoms with Crippen LogP contribution in [0.1, 0.15) is 21.6 Å². The summed E-state index contributed by atoms with van der Waals surface area (Å²) in [6.07, 6.45) is 3.28. The molecule has 1 amide bonds. The maximum Gasteiger partial charge on any atom is 0.257 e. The number of halogens is 1. The molecule has 0 aliphatic rings. The van der Waals surface area contributed by atoms with Gasteiger partial charge in [-0.1, -0.05) is 23.7 Å². The molecule has 3 aromatic rings. The first kappa shape index (κ1) is 16.9. The molecule has 0 saturated carbocycles. The van der Waals surface area contributed by atoms with Gasteiger partial charge >= 0.3 is 0 Å². The van der Waals surface area contributed by atoms with Crippen LogP contribution in [0, 0.1) is 6.92 Å². The van der Waals surface area contributed by atoms with Crippen molar-refractivity contribution < 1.29 is 4.79 Å². The summed E-state index contributed by atoms with van der Waals surface area (Å²) in [4.78, 5) is 20.9. The van der Waals surface area contributed by atoms with Crippen LogP contribution in [0.5, 0.6) is 0 Å². The van der Waals surface area contributed by atoms with Gasteiger partial charge in [-0.15, -0.1) is 0 Å². The second kappa shape index (κ2) is 7.77. The Hall–Kier alpha value is -2.92. The van der Waals surface area contributed by atoms with Crippen molar-refractivity contribution in [3.63, 3.8) is 0 Å². The first-order chi connectivity index (χ1) is 12.1. The Balaban J connectivity index is 1.63. The molecule has 0 aliphatic carbocycles. The van der Waals surface area contributed by atoms with Crippen LogP contribution in [0.4, 0.5) is 11.5 Å². The highest BCUT2D eigenvalue weighted by Crippen LogP contribution is 2.23. The Bertz CT molecular complexity index is 866. The normalized spacial score (nSPS) is 10.3. The quantitative estimate of drug-likeness (QED) is 0.718. The van der Waals surface area contributed by atoms with Crippen molar-refractivity contribution in [1.29, 1.82) is 0 Å². The molecular formula is C19H17ClN4O. The molecule has 3 rings (SSSR count). The number of pyridine rings is 2. The van der Waals surface area contributed by atoms with E-state index in [0.717, 1.165) is 11.3 Å². The Morgan fingerprint density at radius 2 is 1.96 bits per heavy atom. The SMILES string of the molecule is Cc1c(Cl)cccc1NC(=O)c1ccc(NCc2ccccn2)nc1. The van der Waals surface area contributed by atoms with Gasteiger partial charge in [0.05, 0.1) is 17.8 Å². The first-order valence-corrected chi connectivity index (χ1v) is 8.17. The van der Waals surface area contributed by atoms with E-state index in [9.17, 15) is 4.79 Å². The van der Waals surface area contributed by atoms with E-state index in [0.29, 0.717) is 28.6 Å². The summed E-state index contributed by atoms with van der Waals surface area (Å²) in [6, 6.07) is 14.6. The fourth-order valence-electron chi connectivity index (χ4n) is 2.25. The van der Waals surface area contributed by atoms with Gasteiger partial charge in [0.1, 0.15) is 5.82 Å². The average Bonchev–Trinajstić information content (AvgIpc) is 2.65. The predicted octanol–water partition coefficient (Wildman–Crippen LogP) is 4.30. The third kappa shape index (κ3) is 4.33. The maximum absolute atomic E-state index is 12.3. The van der Waals surface area contributed by atoms with Gasteiger partial charge in [0.25, 0.3) is 5.91 Å². The number of carbonyl (C=O) groups is 1. The lowest BCUT2D eigenvalue weighted by Gasteiger charge is -2.10. The number of rotatable bonds is 5. The van der Waals surface area contributed by atoms with Crippen LogP contribution in [-0.2, 0) is 6.54 Å². The van der Waals surface area contributed by atoms with E-state index in [4.69, 9.17) is 11.6 Å². The van der Waals surface area contributed by atoms with Gasteiger partial charge in [0.15, 0.2) is 0 Å². The molecule has 0 saturated heterocycles. The van der Waals surface area contributed by atoms with Crippen molar-refractivity contribution in [3.8, 4) is 0 Å². The highest BCUT2D eigenvalue weighted by molar-refractivity contribution is 6.31. The zero-order valence-electron chi connectivity index (χ0n) is 13.7. The van der Waals surface area contributed by atoms with Crippen LogP contribution in [0.25, 0.3) is 0 Å². The average molecular weight is 353 g/mol. The number of nitrogens with zero attached hydrogens (tertiary/aromatic N) is 2. The Kier molecular flexibility index (Phi) is 5.26. The number of hydrogen-bond acceptors (Lipinski definition) is 4. The van der Waals surface area contributed by atoms with Crippen molar-refractivity contribution in [2.45, 2.75) is 13.5 Å². The maximum atomic E-state index is 12.3. The lowest BCUT2D eigenvalue weighted by molar-refractivity contribution is 0.102. The number of benzene rings is 1. The molecule has 2 aromatic heterocycles. The van der Waals surface area contributed by atoms with Crippen molar-refractivity contribution in [3.05, 3.63) is 82.8 Å². The topological polar surface area (TPSA) is 66.9 Å². The minimum atomic E-state index is -0.228. The minimum Gasteiger partial charge on any atom is -0.364 e. The lowest BCUT2D eigenvalue weighted by Crippen LogP contribution is -2.13. The van der Waals surface area contributed by atoms with Gasteiger partial charge in [-0.25, -0.2) is 4.98 Å². The first-order valence-electron chi connectivity index (χ1n) is 7.80. The number of nitrogens with one attached hydrogen (secondary N) is 2. The van der Waals surface area contributed by atoms with Gasteiger partial charge < -0.3 is 10.6 Å². The fraction of sp³-hybridized carbons (Fsp3) is 0.105. The van der Waals surface area contributed by atoms with Crippen molar-refractivity contribution in [2.24, 2.45) is 0 Å². The second-order valence-electron chi connectivity index (χ2n) is 5.47. The van der Waals surface area contributed by atoms with E-state index in [-0.39, 0.29) is 5.91 Å². The zero-order valence-corrected chi connectivity index (χ0v) is 14.4. The van der Waals surface area contributed by atoms with Crippen LogP contribution < -0.4 is 10.6 Å². The van der Waals surface area contributed by atoms with E-state index < -0.39 is 0 Å². The second-order valence-corrected chi connectivity index (χ2v) is 5.88. The largest absolute Gasteiger partial charge is 0.364 e. The van der Waals surface area contributed by atoms with E-state index in [1.165, 1.54) is 6.20 Å². The summed E-state index contributed by atoms with van der Waals surface area (Å²) in [5, 5.41) is 6.64. The van der Waals surface area contributed by atoms with Crippen LogP contribution in [0.3, 0.4) is 0 Å². The standard InChI is InChI=1S/C19H17ClN4O/c1-13-16(20)6-4-7-17(13)24-19(25)14-8-9-18(22-11-14)23-12-15-5-2-3-10-21-15/h2-11H,12H2,1H3,(H,22,23)(H,24,25). The summed E-state index contributed by atoms with van der Waals surface area (Å²) in [5.41, 5.74) is 2.92. The monoisotopic (exact) mass is 352 g/mol. The molecule has 2 heterocycles. The molecular weight excluding hydrogens is 336 g/mol. The van der Waals surface area contributed by atoms with E-state index in [1.54, 1.807) is 30.5 Å². The van der Waals surface area contributed by atoms with E-state index >= 15 is 0 Å². The van der Waals surface area contributed by atoms with Gasteiger partial charge in [-0.3, -0.25) is 9.78 Å². The predicted molar refractivity (Wildman–Crippen MR) is 99.9 cm³/mol. The smallest absolute Gasteiger partial charge is 0.257 e. The third-order valence-electron chi connectivity index (χ3n) is 3.72. The highest BCUT2D eigenvalue weighted by Gasteiger charge is 2.09. The molecule has 2 N–H and O–H groups in total. The van der Waals surface area contributed by atoms with E-state index in [1.807, 2.05) is 31.2 Å². The number of amides is 1. The Morgan fingerprint density at radius 3 is 2.68 bits per heavy atom. The molecule has 25 heavy (non-hydrogen) atoms. The molecule has 126 valence electrons. The Morgan fingerprint density at radius 1 is 1.08 bits per heavy atom. The molecule has 0 unspecified atom stereocenters. The van der Waals surface area contributed by atoms with Crippen LogP contribution in [0.2, 0.25) is 5.02 Å². The van der Waals surface area contributed by atoms with Crippen LogP contribution >= 0.6 is 11.6 Å². The van der Waals surface area contributed by atoms with Gasteiger partial charge in [-0.2, -0.15) is 0 Å². The molecule has 1 aromatic carbocycles. The summed E-state index contributed by atoms with van der Waals surface area (Å²) in [7, 11) is 0. The van der Waals surface area contributed by atoms with Crippen molar-refractivity contribution in [2.75, 3.05) is 10.6 Å². The number of aromatic nitrogens is 2. The number of carbonyl (C=O) groups excluding carboxylic acids is 1. The van der Waals surface area contributed by atoms with Crippen molar-refractivity contribution in [1.82, 2.24) is 9.97 Å². The molecule has 6 heteroatoms. The number of hydrogen-bond donors (Lipinski definition) is 2. The van der Waals surface area contributed by atoms with E-state index in [2.05, 4.69) is 20.6 Å². The summed E-state index contributed by atoms with van der Waals surface area (Å²) >= 11 is 6.07. The van der Waals surface area contributed by atoms with Gasteiger partial charge in [0, 0.05) is 23.1 Å². The van der Waals surface area contributed by atoms with Crippen LogP contribution in [0.15, 0.2) is 60.9 Å². The zero-order chi connectivity index (χ0) is 17.6. The Labute approximate surface area is 151 Å². The molecule has 0 atom stereocenters. The minimum absolute atomic E-state index is 0.228. The van der Waals surface area contributed by atoms with Crippen LogP contribution in [-0.4, -0.2) is 15.9 Å². The van der Waals surface area contributed by atoms with Gasteiger partial charge in [0.2, 0.25) is 0 Å². The summed E-state index contributed by atoms with van der Waals surface area (Å²) < 4.78 is 0. The highest BCUT2D eigenvalue weighted by atomic mass is 35.5. The van der Waals surface area contributed by atoms with Gasteiger partial charge in [-0.05, 0) is 48.9 Å². The lowest BCUT2D eigenvalue weighted by atomic mass is 10.2. The molecule has 0 spiro atoms. The molecule has 0 bridgehead atoms. The summed E-state index contributed by atoms with van der Waals surface area (Å²) in [5.74, 6) is 0.454. The van der Waals surface area contributed by atoms with Crippen molar-refractivity contribution >= 4 is 29.0 Å². The molecule has 0 radical (unpaired) electrons. The molecule has 5 nitrogen and oxygen atoms in total. The fourth-order valence-corrected chi connectivity index (χ4v) is 2.43. The summed E-state index contributed by atoms with van der Waals surface area (Å²) in [6.45, 7) is 2.43. The number of anilines is 2. The molecule has 0 fully saturated rings. The third-order valence-corrected chi connectivity index (χ3v) is 4.13.